The molecule has 2 aromatic carbocycles. The van der Waals surface area contributed by atoms with Gasteiger partial charge in [-0.15, -0.1) is 0 Å². The second-order valence-corrected chi connectivity index (χ2v) is 5.87. The summed E-state index contributed by atoms with van der Waals surface area (Å²) in [5.41, 5.74) is 3.57. The monoisotopic (exact) mass is 407 g/mol. The van der Waals surface area contributed by atoms with Gasteiger partial charge in [0.25, 0.3) is 0 Å². The van der Waals surface area contributed by atoms with E-state index in [1.807, 2.05) is 42.5 Å². The van der Waals surface area contributed by atoms with E-state index in [-0.39, 0.29) is 5.97 Å². The summed E-state index contributed by atoms with van der Waals surface area (Å²) in [5, 5.41) is 1.01. The largest absolute Gasteiger partial charge is 0.497 e. The number of aromatic amines is 1. The second kappa shape index (κ2) is 6.00. The standard InChI is InChI=1S/C17H14INO3/c1-21-12-6-3-10(4-7-12)11-5-8-13-14(9-11)19-16(15(13)18)17(20)22-2/h3-9,19H,1-2H3. The Morgan fingerprint density at radius 2 is 1.73 bits per heavy atom. The molecule has 0 aliphatic heterocycles. The van der Waals surface area contributed by atoms with Crippen molar-refractivity contribution in [1.29, 1.82) is 0 Å². The molecule has 0 saturated heterocycles. The van der Waals surface area contributed by atoms with Crippen LogP contribution in [0.25, 0.3) is 22.0 Å². The molecule has 1 heterocycles. The van der Waals surface area contributed by atoms with Crippen LogP contribution >= 0.6 is 22.6 Å². The van der Waals surface area contributed by atoms with Crippen LogP contribution in [-0.4, -0.2) is 25.2 Å². The molecule has 0 aliphatic carbocycles. The van der Waals surface area contributed by atoms with Crippen LogP contribution in [0, 0.1) is 3.57 Å². The topological polar surface area (TPSA) is 51.3 Å². The number of rotatable bonds is 3. The summed E-state index contributed by atoms with van der Waals surface area (Å²) < 4.78 is 10.8. The van der Waals surface area contributed by atoms with Crippen LogP contribution in [0.3, 0.4) is 0 Å². The zero-order chi connectivity index (χ0) is 15.7. The molecule has 0 fully saturated rings. The number of ether oxygens (including phenoxy) is 2. The highest BCUT2D eigenvalue weighted by atomic mass is 127. The van der Waals surface area contributed by atoms with E-state index in [9.17, 15) is 4.79 Å². The van der Waals surface area contributed by atoms with E-state index in [2.05, 4.69) is 27.6 Å². The molecule has 0 aliphatic rings. The molecule has 0 radical (unpaired) electrons. The van der Waals surface area contributed by atoms with Crippen molar-refractivity contribution < 1.29 is 14.3 Å². The third-order valence-corrected chi connectivity index (χ3v) is 4.67. The minimum Gasteiger partial charge on any atom is -0.497 e. The molecule has 5 heteroatoms. The summed E-state index contributed by atoms with van der Waals surface area (Å²) in [6.07, 6.45) is 0. The summed E-state index contributed by atoms with van der Waals surface area (Å²) in [5.74, 6) is 0.471. The van der Waals surface area contributed by atoms with Gasteiger partial charge >= 0.3 is 5.97 Å². The summed E-state index contributed by atoms with van der Waals surface area (Å²) in [6, 6.07) is 14.0. The van der Waals surface area contributed by atoms with E-state index in [0.717, 1.165) is 31.3 Å². The van der Waals surface area contributed by atoms with Crippen molar-refractivity contribution in [2.75, 3.05) is 14.2 Å². The molecule has 1 aromatic heterocycles. The summed E-state index contributed by atoms with van der Waals surface area (Å²) in [6.45, 7) is 0. The highest BCUT2D eigenvalue weighted by Gasteiger charge is 2.16. The molecule has 0 bridgehead atoms. The van der Waals surface area contributed by atoms with Crippen molar-refractivity contribution >= 4 is 39.5 Å². The van der Waals surface area contributed by atoms with Crippen molar-refractivity contribution in [2.45, 2.75) is 0 Å². The van der Waals surface area contributed by atoms with E-state index < -0.39 is 0 Å². The lowest BCUT2D eigenvalue weighted by molar-refractivity contribution is 0.0594. The van der Waals surface area contributed by atoms with Gasteiger partial charge in [0, 0.05) is 10.9 Å². The molecule has 0 spiro atoms. The lowest BCUT2D eigenvalue weighted by Crippen LogP contribution is -2.02. The van der Waals surface area contributed by atoms with Gasteiger partial charge < -0.3 is 14.5 Å². The number of hydrogen-bond acceptors (Lipinski definition) is 3. The summed E-state index contributed by atoms with van der Waals surface area (Å²) in [7, 11) is 3.03. The SMILES string of the molecule is COC(=O)c1[nH]c2cc(-c3ccc(OC)cc3)ccc2c1I. The van der Waals surface area contributed by atoms with Gasteiger partial charge in [0.1, 0.15) is 11.4 Å². The number of hydrogen-bond donors (Lipinski definition) is 1. The maximum atomic E-state index is 11.8. The number of nitrogens with one attached hydrogen (secondary N) is 1. The van der Waals surface area contributed by atoms with E-state index in [1.165, 1.54) is 7.11 Å². The van der Waals surface area contributed by atoms with Gasteiger partial charge in [0.05, 0.1) is 17.8 Å². The molecule has 22 heavy (non-hydrogen) atoms. The predicted molar refractivity (Wildman–Crippen MR) is 94.3 cm³/mol. The van der Waals surface area contributed by atoms with Gasteiger partial charge in [-0.25, -0.2) is 4.79 Å². The lowest BCUT2D eigenvalue weighted by atomic mass is 10.0. The normalized spacial score (nSPS) is 10.7. The highest BCUT2D eigenvalue weighted by molar-refractivity contribution is 14.1. The maximum Gasteiger partial charge on any atom is 0.355 e. The molecule has 0 amide bonds. The number of benzene rings is 2. The number of H-pyrrole nitrogens is 1. The number of carbonyl (C=O) groups is 1. The third-order valence-electron chi connectivity index (χ3n) is 3.55. The smallest absolute Gasteiger partial charge is 0.355 e. The van der Waals surface area contributed by atoms with Gasteiger partial charge in [-0.3, -0.25) is 0 Å². The molecule has 112 valence electrons. The molecule has 0 unspecified atom stereocenters. The van der Waals surface area contributed by atoms with Crippen molar-refractivity contribution in [3.63, 3.8) is 0 Å². The Kier molecular flexibility index (Phi) is 4.06. The Morgan fingerprint density at radius 1 is 1.05 bits per heavy atom. The average Bonchev–Trinajstić information content (AvgIpc) is 2.90. The van der Waals surface area contributed by atoms with Crippen LogP contribution in [0.15, 0.2) is 42.5 Å². The Morgan fingerprint density at radius 3 is 2.36 bits per heavy atom. The molecule has 0 saturated carbocycles. The molecule has 1 N–H and O–H groups in total. The fourth-order valence-electron chi connectivity index (χ4n) is 2.37. The van der Waals surface area contributed by atoms with E-state index in [1.54, 1.807) is 7.11 Å². The number of halogens is 1. The first-order valence-electron chi connectivity index (χ1n) is 6.68. The van der Waals surface area contributed by atoms with Gasteiger partial charge in [-0.1, -0.05) is 24.3 Å². The first kappa shape index (κ1) is 14.9. The van der Waals surface area contributed by atoms with Crippen LogP contribution < -0.4 is 4.74 Å². The Bertz CT molecular complexity index is 837. The Hall–Kier alpha value is -2.02. The van der Waals surface area contributed by atoms with Crippen LogP contribution in [0.2, 0.25) is 0 Å². The van der Waals surface area contributed by atoms with Crippen LogP contribution in [0.5, 0.6) is 5.75 Å². The molecular formula is C17H14INO3. The maximum absolute atomic E-state index is 11.8. The van der Waals surface area contributed by atoms with Crippen LogP contribution in [-0.2, 0) is 4.74 Å². The van der Waals surface area contributed by atoms with Crippen molar-refractivity contribution in [1.82, 2.24) is 4.98 Å². The van der Waals surface area contributed by atoms with Crippen molar-refractivity contribution in [3.8, 4) is 16.9 Å². The molecule has 0 atom stereocenters. The van der Waals surface area contributed by atoms with Crippen LogP contribution in [0.1, 0.15) is 10.5 Å². The van der Waals surface area contributed by atoms with E-state index in [0.29, 0.717) is 5.69 Å². The second-order valence-electron chi connectivity index (χ2n) is 4.79. The van der Waals surface area contributed by atoms with E-state index in [4.69, 9.17) is 9.47 Å². The lowest BCUT2D eigenvalue weighted by Gasteiger charge is -2.04. The minimum absolute atomic E-state index is 0.355. The van der Waals surface area contributed by atoms with Gasteiger partial charge in [0.2, 0.25) is 0 Å². The van der Waals surface area contributed by atoms with Crippen molar-refractivity contribution in [3.05, 3.63) is 51.7 Å². The van der Waals surface area contributed by atoms with E-state index >= 15 is 0 Å². The predicted octanol–water partition coefficient (Wildman–Crippen LogP) is 4.23. The third kappa shape index (κ3) is 2.56. The fourth-order valence-corrected chi connectivity index (χ4v) is 3.19. The highest BCUT2D eigenvalue weighted by Crippen LogP contribution is 2.30. The number of esters is 1. The quantitative estimate of drug-likeness (QED) is 0.522. The molecular weight excluding hydrogens is 393 g/mol. The number of methoxy groups -OCH3 is 2. The van der Waals surface area contributed by atoms with Crippen LogP contribution in [0.4, 0.5) is 0 Å². The first-order chi connectivity index (χ1) is 10.6. The van der Waals surface area contributed by atoms with Gasteiger partial charge in [-0.05, 0) is 51.9 Å². The zero-order valence-corrected chi connectivity index (χ0v) is 14.3. The number of aromatic nitrogens is 1. The van der Waals surface area contributed by atoms with Gasteiger partial charge in [0.15, 0.2) is 0 Å². The average molecular weight is 407 g/mol. The summed E-state index contributed by atoms with van der Waals surface area (Å²) in [4.78, 5) is 14.9. The van der Waals surface area contributed by atoms with Crippen molar-refractivity contribution in [2.24, 2.45) is 0 Å². The number of fused-ring (bicyclic) bond motifs is 1. The molecule has 4 nitrogen and oxygen atoms in total. The minimum atomic E-state index is -0.355. The molecule has 3 rings (SSSR count). The molecule has 3 aromatic rings. The summed E-state index contributed by atoms with van der Waals surface area (Å²) >= 11 is 2.16. The van der Waals surface area contributed by atoms with Gasteiger partial charge in [-0.2, -0.15) is 0 Å². The Labute approximate surface area is 141 Å². The fraction of sp³-hybridized carbons (Fsp3) is 0.118. The zero-order valence-electron chi connectivity index (χ0n) is 12.1. The number of carbonyl (C=O) groups excluding carboxylic acids is 1. The Balaban J connectivity index is 2.07. The first-order valence-corrected chi connectivity index (χ1v) is 7.76.